The molecule has 1 saturated heterocycles. The number of aromatic amines is 1. The van der Waals surface area contributed by atoms with Gasteiger partial charge in [0.05, 0.1) is 0 Å². The SMILES string of the molecule is CC1CN(C)[C@@H]2Cc3c[nH]c4cccc(c34)[C@@]2(O)C1. The first-order valence-electron chi connectivity index (χ1n) is 7.11. The number of likely N-dealkylation sites (N-methyl/N-ethyl adjacent to an activating group) is 1. The van der Waals surface area contributed by atoms with Gasteiger partial charge in [0.25, 0.3) is 0 Å². The van der Waals surface area contributed by atoms with Gasteiger partial charge in [-0.1, -0.05) is 19.1 Å². The molecule has 1 aliphatic heterocycles. The van der Waals surface area contributed by atoms with Crippen molar-refractivity contribution in [1.82, 2.24) is 9.88 Å². The summed E-state index contributed by atoms with van der Waals surface area (Å²) in [6.07, 6.45) is 3.92. The fourth-order valence-electron chi connectivity index (χ4n) is 4.32. The molecule has 100 valence electrons. The van der Waals surface area contributed by atoms with Crippen LogP contribution in [0.4, 0.5) is 0 Å². The van der Waals surface area contributed by atoms with Gasteiger partial charge in [-0.2, -0.15) is 0 Å². The summed E-state index contributed by atoms with van der Waals surface area (Å²) in [5, 5.41) is 12.6. The molecule has 0 radical (unpaired) electrons. The van der Waals surface area contributed by atoms with Gasteiger partial charge in [0, 0.05) is 29.7 Å². The van der Waals surface area contributed by atoms with Crippen LogP contribution in [0.1, 0.15) is 24.5 Å². The fraction of sp³-hybridized carbons (Fsp3) is 0.500. The zero-order valence-electron chi connectivity index (χ0n) is 11.5. The number of fused-ring (bicyclic) bond motifs is 2. The second-order valence-electron chi connectivity index (χ2n) is 6.44. The Labute approximate surface area is 113 Å². The van der Waals surface area contributed by atoms with Gasteiger partial charge in [0.1, 0.15) is 5.60 Å². The predicted molar refractivity (Wildman–Crippen MR) is 76.1 cm³/mol. The molecule has 0 bridgehead atoms. The van der Waals surface area contributed by atoms with Crippen LogP contribution in [0, 0.1) is 5.92 Å². The zero-order chi connectivity index (χ0) is 13.2. The molecule has 2 heterocycles. The molecule has 1 fully saturated rings. The lowest BCUT2D eigenvalue weighted by Crippen LogP contribution is -2.58. The summed E-state index contributed by atoms with van der Waals surface area (Å²) in [4.78, 5) is 5.68. The number of hydrogen-bond acceptors (Lipinski definition) is 2. The minimum Gasteiger partial charge on any atom is -0.383 e. The summed E-state index contributed by atoms with van der Waals surface area (Å²) in [6, 6.07) is 6.47. The lowest BCUT2D eigenvalue weighted by atomic mass is 9.69. The molecule has 2 aromatic rings. The summed E-state index contributed by atoms with van der Waals surface area (Å²) in [5.74, 6) is 0.530. The van der Waals surface area contributed by atoms with E-state index in [2.05, 4.69) is 48.3 Å². The Hall–Kier alpha value is -1.32. The van der Waals surface area contributed by atoms with Gasteiger partial charge in [-0.3, -0.25) is 4.90 Å². The van der Waals surface area contributed by atoms with Gasteiger partial charge >= 0.3 is 0 Å². The maximum absolute atomic E-state index is 11.4. The number of H-pyrrole nitrogens is 1. The number of piperidine rings is 1. The van der Waals surface area contributed by atoms with Crippen LogP contribution in [0.3, 0.4) is 0 Å². The fourth-order valence-corrected chi connectivity index (χ4v) is 4.32. The monoisotopic (exact) mass is 256 g/mol. The minimum atomic E-state index is -0.693. The molecule has 3 heteroatoms. The van der Waals surface area contributed by atoms with Crippen LogP contribution < -0.4 is 0 Å². The number of aliphatic hydroxyl groups is 1. The van der Waals surface area contributed by atoms with Gasteiger partial charge in [-0.05, 0) is 43.0 Å². The maximum Gasteiger partial charge on any atom is 0.106 e. The normalized spacial score (nSPS) is 34.5. The van der Waals surface area contributed by atoms with Crippen LogP contribution >= 0.6 is 0 Å². The Morgan fingerprint density at radius 2 is 2.26 bits per heavy atom. The summed E-state index contributed by atoms with van der Waals surface area (Å²) in [7, 11) is 2.14. The summed E-state index contributed by atoms with van der Waals surface area (Å²) >= 11 is 0. The first-order valence-corrected chi connectivity index (χ1v) is 7.11. The van der Waals surface area contributed by atoms with Gasteiger partial charge in [0.2, 0.25) is 0 Å². The van der Waals surface area contributed by atoms with Crippen LogP contribution in [0.2, 0.25) is 0 Å². The molecule has 2 aliphatic rings. The smallest absolute Gasteiger partial charge is 0.106 e. The van der Waals surface area contributed by atoms with Gasteiger partial charge in [-0.25, -0.2) is 0 Å². The molecule has 0 amide bonds. The standard InChI is InChI=1S/C16H20N2O/c1-10-7-16(19)12-4-3-5-13-15(12)11(8-17-13)6-14(16)18(2)9-10/h3-5,8,10,14,17,19H,6-7,9H2,1-2H3/t10?,14-,16+/m1/s1. The predicted octanol–water partition coefficient (Wildman–Crippen LogP) is 2.25. The number of nitrogens with one attached hydrogen (secondary N) is 1. The number of rotatable bonds is 0. The molecule has 1 aliphatic carbocycles. The van der Waals surface area contributed by atoms with Crippen LogP contribution in [0.5, 0.6) is 0 Å². The van der Waals surface area contributed by atoms with Gasteiger partial charge < -0.3 is 10.1 Å². The third kappa shape index (κ3) is 1.40. The van der Waals surface area contributed by atoms with Crippen molar-refractivity contribution in [3.63, 3.8) is 0 Å². The Kier molecular flexibility index (Phi) is 2.19. The van der Waals surface area contributed by atoms with Crippen molar-refractivity contribution in [3.8, 4) is 0 Å². The zero-order valence-corrected chi connectivity index (χ0v) is 11.5. The molecule has 3 atom stereocenters. The Balaban J connectivity index is 1.99. The molecule has 3 nitrogen and oxygen atoms in total. The molecule has 0 spiro atoms. The summed E-state index contributed by atoms with van der Waals surface area (Å²) in [6.45, 7) is 3.31. The molecular weight excluding hydrogens is 236 g/mol. The molecule has 1 aromatic carbocycles. The maximum atomic E-state index is 11.4. The second kappa shape index (κ2) is 3.62. The van der Waals surface area contributed by atoms with Crippen LogP contribution in [-0.2, 0) is 12.0 Å². The number of nitrogens with zero attached hydrogens (tertiary/aromatic N) is 1. The van der Waals surface area contributed by atoms with E-state index in [1.807, 2.05) is 0 Å². The van der Waals surface area contributed by atoms with Crippen molar-refractivity contribution in [2.75, 3.05) is 13.6 Å². The molecule has 1 unspecified atom stereocenters. The Morgan fingerprint density at radius 3 is 3.11 bits per heavy atom. The lowest BCUT2D eigenvalue weighted by molar-refractivity contribution is -0.0963. The van der Waals surface area contributed by atoms with Crippen molar-refractivity contribution in [2.45, 2.75) is 31.4 Å². The van der Waals surface area contributed by atoms with E-state index in [1.165, 1.54) is 10.9 Å². The summed E-state index contributed by atoms with van der Waals surface area (Å²) in [5.41, 5.74) is 2.93. The molecule has 2 N–H and O–H groups in total. The highest BCUT2D eigenvalue weighted by atomic mass is 16.3. The Bertz CT molecular complexity index is 647. The number of aromatic nitrogens is 1. The first-order chi connectivity index (χ1) is 9.09. The van der Waals surface area contributed by atoms with Crippen LogP contribution in [-0.4, -0.2) is 34.6 Å². The van der Waals surface area contributed by atoms with Crippen molar-refractivity contribution in [2.24, 2.45) is 5.92 Å². The van der Waals surface area contributed by atoms with Crippen molar-refractivity contribution >= 4 is 10.9 Å². The summed E-state index contributed by atoms with van der Waals surface area (Å²) < 4.78 is 0. The molecule has 4 rings (SSSR count). The molecular formula is C16H20N2O. The lowest BCUT2D eigenvalue weighted by Gasteiger charge is -2.50. The van der Waals surface area contributed by atoms with E-state index in [-0.39, 0.29) is 6.04 Å². The van der Waals surface area contributed by atoms with Crippen molar-refractivity contribution in [3.05, 3.63) is 35.5 Å². The first kappa shape index (κ1) is 11.5. The van der Waals surface area contributed by atoms with Crippen LogP contribution in [0.25, 0.3) is 10.9 Å². The van der Waals surface area contributed by atoms with Gasteiger partial charge in [0.15, 0.2) is 0 Å². The largest absolute Gasteiger partial charge is 0.383 e. The van der Waals surface area contributed by atoms with E-state index in [0.29, 0.717) is 5.92 Å². The molecule has 0 saturated carbocycles. The third-order valence-corrected chi connectivity index (χ3v) is 5.01. The van der Waals surface area contributed by atoms with Crippen LogP contribution in [0.15, 0.2) is 24.4 Å². The average molecular weight is 256 g/mol. The van der Waals surface area contributed by atoms with E-state index in [0.717, 1.165) is 30.5 Å². The highest BCUT2D eigenvalue weighted by Gasteiger charge is 2.48. The molecule has 19 heavy (non-hydrogen) atoms. The van der Waals surface area contributed by atoms with Gasteiger partial charge in [-0.15, -0.1) is 0 Å². The molecule has 1 aromatic heterocycles. The van der Waals surface area contributed by atoms with E-state index >= 15 is 0 Å². The number of benzene rings is 1. The quantitative estimate of drug-likeness (QED) is 0.759. The van der Waals surface area contributed by atoms with Crippen molar-refractivity contribution < 1.29 is 5.11 Å². The Morgan fingerprint density at radius 1 is 1.42 bits per heavy atom. The second-order valence-corrected chi connectivity index (χ2v) is 6.44. The van der Waals surface area contributed by atoms with Crippen molar-refractivity contribution in [1.29, 1.82) is 0 Å². The van der Waals surface area contributed by atoms with E-state index < -0.39 is 5.60 Å². The minimum absolute atomic E-state index is 0.206. The third-order valence-electron chi connectivity index (χ3n) is 5.01. The average Bonchev–Trinajstić information content (AvgIpc) is 2.76. The number of likely N-dealkylation sites (tertiary alicyclic amines) is 1. The number of hydrogen-bond donors (Lipinski definition) is 2. The topological polar surface area (TPSA) is 39.3 Å². The van der Waals surface area contributed by atoms with E-state index in [1.54, 1.807) is 0 Å². The highest BCUT2D eigenvalue weighted by molar-refractivity contribution is 5.88. The van der Waals surface area contributed by atoms with E-state index in [9.17, 15) is 5.11 Å². The highest BCUT2D eigenvalue weighted by Crippen LogP contribution is 2.46. The van der Waals surface area contributed by atoms with E-state index in [4.69, 9.17) is 0 Å².